The third-order valence-electron chi connectivity index (χ3n) is 0. The largest absolute Gasteiger partial charge is 0.324 e. The second-order valence-corrected chi connectivity index (χ2v) is 17.0. The van der Waals surface area contributed by atoms with Crippen molar-refractivity contribution in [2.45, 2.75) is 7.43 Å². The lowest BCUT2D eigenvalue weighted by Gasteiger charge is -1.86. The molecule has 3 nitrogen and oxygen atoms in total. The third-order valence-corrected chi connectivity index (χ3v) is 0. The van der Waals surface area contributed by atoms with Gasteiger partial charge in [-0.1, -0.05) is 7.43 Å². The van der Waals surface area contributed by atoms with E-state index in [2.05, 4.69) is 0 Å². The van der Waals surface area contributed by atoms with E-state index >= 15 is 0 Å². The zero-order valence-electron chi connectivity index (χ0n) is 11.6. The number of hydrogen-bond donors (Lipinski definition) is 0. The first kappa shape index (κ1) is 25.5. The van der Waals surface area contributed by atoms with Gasteiger partial charge >= 0.3 is 0 Å². The molecular weight excluding hydrogens is 261 g/mol. The van der Waals surface area contributed by atoms with Gasteiger partial charge in [-0.05, 0) is 60.0 Å². The fourth-order valence-electron chi connectivity index (χ4n) is 0. The third kappa shape index (κ3) is 5780. The molecule has 0 N–H and O–H groups in total. The molecule has 0 radical (unpaired) electrons. The van der Waals surface area contributed by atoms with E-state index in [4.69, 9.17) is 0 Å². The highest BCUT2D eigenvalue weighted by atomic mass is 31.2. The number of hydrogen-bond acceptors (Lipinski definition) is 3. The maximum absolute atomic E-state index is 10.2. The molecule has 0 atom stereocenters. The summed E-state index contributed by atoms with van der Waals surface area (Å²) >= 11 is 0. The lowest BCUT2D eigenvalue weighted by atomic mass is 11.9. The Bertz CT molecular complexity index is 207. The van der Waals surface area contributed by atoms with Crippen LogP contribution in [0.25, 0.3) is 0 Å². The molecule has 0 rings (SSSR count). The van der Waals surface area contributed by atoms with Crippen molar-refractivity contribution in [1.82, 2.24) is 0 Å². The van der Waals surface area contributed by atoms with Gasteiger partial charge in [-0.15, -0.1) is 0 Å². The molecule has 0 aromatic heterocycles. The van der Waals surface area contributed by atoms with E-state index in [1.807, 2.05) is 0 Å². The minimum atomic E-state index is -1.64. The van der Waals surface area contributed by atoms with Crippen LogP contribution < -0.4 is 0 Å². The second-order valence-electron chi connectivity index (χ2n) is 5.67. The second kappa shape index (κ2) is 9.69. The summed E-state index contributed by atoms with van der Waals surface area (Å²) < 4.78 is 30.6. The molecule has 0 heterocycles. The van der Waals surface area contributed by atoms with Crippen molar-refractivity contribution in [1.29, 1.82) is 0 Å². The smallest absolute Gasteiger partial charge is 0.0790 e. The Morgan fingerprint density at radius 1 is 0.438 bits per heavy atom. The van der Waals surface area contributed by atoms with Crippen molar-refractivity contribution in [3.05, 3.63) is 0 Å². The Balaban J connectivity index is -0.0000000655. The van der Waals surface area contributed by atoms with Gasteiger partial charge in [0.05, 0.1) is 21.4 Å². The van der Waals surface area contributed by atoms with Crippen LogP contribution in [0.4, 0.5) is 0 Å². The maximum Gasteiger partial charge on any atom is 0.0790 e. The van der Waals surface area contributed by atoms with Crippen LogP contribution in [0, 0.1) is 0 Å². The van der Waals surface area contributed by atoms with Gasteiger partial charge in [0.25, 0.3) is 0 Å². The molecule has 6 heteroatoms. The first-order chi connectivity index (χ1) is 6.00. The van der Waals surface area contributed by atoms with Gasteiger partial charge in [-0.25, -0.2) is 0 Å². The quantitative estimate of drug-likeness (QED) is 0.623. The Hall–Kier alpha value is 0.690. The van der Waals surface area contributed by atoms with Gasteiger partial charge < -0.3 is 13.7 Å². The number of rotatable bonds is 0. The first-order valence-corrected chi connectivity index (χ1v) is 13.7. The molecule has 0 aromatic rings. The molecule has 0 aliphatic rings. The summed E-state index contributed by atoms with van der Waals surface area (Å²) in [7, 11) is -4.92. The molecular formula is C10H31O3P3. The normalized spacial score (nSPS) is 11.1. The Morgan fingerprint density at radius 3 is 0.438 bits per heavy atom. The van der Waals surface area contributed by atoms with Crippen LogP contribution in [0.5, 0.6) is 0 Å². The Morgan fingerprint density at radius 2 is 0.438 bits per heavy atom. The zero-order chi connectivity index (χ0) is 13.5. The van der Waals surface area contributed by atoms with Gasteiger partial charge in [-0.3, -0.25) is 0 Å². The molecule has 0 saturated heterocycles. The average Bonchev–Trinajstić information content (AvgIpc) is 1.41. The van der Waals surface area contributed by atoms with Crippen LogP contribution in [-0.4, -0.2) is 60.0 Å². The zero-order valence-corrected chi connectivity index (χ0v) is 14.2. The fourth-order valence-corrected chi connectivity index (χ4v) is 0. The Labute approximate surface area is 103 Å². The Kier molecular flexibility index (Phi) is 15.5. The van der Waals surface area contributed by atoms with Crippen molar-refractivity contribution >= 4 is 21.4 Å². The fraction of sp³-hybridized carbons (Fsp3) is 1.00. The summed E-state index contributed by atoms with van der Waals surface area (Å²) in [5.74, 6) is 0. The lowest BCUT2D eigenvalue weighted by molar-refractivity contribution is 0.585. The van der Waals surface area contributed by atoms with Crippen LogP contribution in [0.1, 0.15) is 7.43 Å². The highest BCUT2D eigenvalue weighted by Gasteiger charge is 1.90. The first-order valence-electron chi connectivity index (χ1n) is 4.57. The average molecular weight is 292 g/mol. The van der Waals surface area contributed by atoms with Crippen LogP contribution in [0.15, 0.2) is 0 Å². The summed E-state index contributed by atoms with van der Waals surface area (Å²) in [6, 6.07) is 0. The lowest BCUT2D eigenvalue weighted by Crippen LogP contribution is -1.61. The van der Waals surface area contributed by atoms with Crippen molar-refractivity contribution in [2.75, 3.05) is 60.0 Å². The highest BCUT2D eigenvalue weighted by Crippen LogP contribution is 2.29. The summed E-state index contributed by atoms with van der Waals surface area (Å²) in [6.07, 6.45) is 0. The van der Waals surface area contributed by atoms with Crippen molar-refractivity contribution in [2.24, 2.45) is 0 Å². The molecule has 0 bridgehead atoms. The molecule has 0 aliphatic carbocycles. The monoisotopic (exact) mass is 292 g/mol. The molecule has 104 valence electrons. The van der Waals surface area contributed by atoms with Gasteiger partial charge in [0.15, 0.2) is 0 Å². The highest BCUT2D eigenvalue weighted by molar-refractivity contribution is 7.62. The van der Waals surface area contributed by atoms with Gasteiger partial charge in [-0.2, -0.15) is 0 Å². The van der Waals surface area contributed by atoms with Gasteiger partial charge in [0.2, 0.25) is 0 Å². The predicted octanol–water partition coefficient (Wildman–Crippen LogP) is 4.35. The minimum Gasteiger partial charge on any atom is -0.324 e. The van der Waals surface area contributed by atoms with Gasteiger partial charge in [0.1, 0.15) is 0 Å². The molecule has 0 aromatic carbocycles. The molecule has 0 saturated carbocycles. The SMILES string of the molecule is C.CP(C)(C)=O.CP(C)(C)=O.CP(C)(C)=O. The predicted molar refractivity (Wildman–Crippen MR) is 82.9 cm³/mol. The van der Waals surface area contributed by atoms with E-state index in [1.54, 1.807) is 60.0 Å². The topological polar surface area (TPSA) is 51.2 Å². The van der Waals surface area contributed by atoms with E-state index in [1.165, 1.54) is 0 Å². The summed E-state index contributed by atoms with van der Waals surface area (Å²) in [4.78, 5) is 0. The van der Waals surface area contributed by atoms with Crippen molar-refractivity contribution in [3.63, 3.8) is 0 Å². The van der Waals surface area contributed by atoms with E-state index in [0.29, 0.717) is 0 Å². The molecule has 0 spiro atoms. The summed E-state index contributed by atoms with van der Waals surface area (Å²) in [5.41, 5.74) is 0. The molecule has 0 amide bonds. The van der Waals surface area contributed by atoms with Crippen LogP contribution >= 0.6 is 21.4 Å². The van der Waals surface area contributed by atoms with Crippen molar-refractivity contribution < 1.29 is 13.7 Å². The van der Waals surface area contributed by atoms with Crippen molar-refractivity contribution in [3.8, 4) is 0 Å². The minimum absolute atomic E-state index is 0. The molecule has 0 unspecified atom stereocenters. The standard InChI is InChI=1S/3C3H9OP.CH4/c3*1-5(2,3)4;/h3*1-3H3;1H4. The molecule has 16 heavy (non-hydrogen) atoms. The summed E-state index contributed by atoms with van der Waals surface area (Å²) in [5, 5.41) is 0. The van der Waals surface area contributed by atoms with E-state index < -0.39 is 21.4 Å². The van der Waals surface area contributed by atoms with Crippen LogP contribution in [0.3, 0.4) is 0 Å². The molecule has 0 fully saturated rings. The van der Waals surface area contributed by atoms with Crippen LogP contribution in [-0.2, 0) is 13.7 Å². The maximum atomic E-state index is 10.2. The van der Waals surface area contributed by atoms with Crippen LogP contribution in [0.2, 0.25) is 0 Å². The summed E-state index contributed by atoms with van der Waals surface area (Å²) in [6.45, 7) is 15.7. The van der Waals surface area contributed by atoms with E-state index in [9.17, 15) is 13.7 Å². The molecule has 0 aliphatic heterocycles. The van der Waals surface area contributed by atoms with E-state index in [-0.39, 0.29) is 7.43 Å². The van der Waals surface area contributed by atoms with E-state index in [0.717, 1.165) is 0 Å². The van der Waals surface area contributed by atoms with Gasteiger partial charge in [0, 0.05) is 0 Å².